The van der Waals surface area contributed by atoms with Gasteiger partial charge in [0, 0.05) is 0 Å². The minimum absolute atomic E-state index is 0.551. The van der Waals surface area contributed by atoms with Crippen LogP contribution < -0.4 is 0 Å². The molecule has 3 fully saturated rings. The number of epoxide rings is 2. The van der Waals surface area contributed by atoms with Crippen LogP contribution in [0.2, 0.25) is 0 Å². The summed E-state index contributed by atoms with van der Waals surface area (Å²) in [6, 6.07) is 0. The number of hydrogen-bond acceptors (Lipinski definition) is 2. The van der Waals surface area contributed by atoms with E-state index in [-0.39, 0.29) is 0 Å². The Kier molecular flexibility index (Phi) is 13.9. The van der Waals surface area contributed by atoms with Crippen LogP contribution in [0.15, 0.2) is 24.8 Å². The van der Waals surface area contributed by atoms with Gasteiger partial charge in [-0.05, 0) is 59.8 Å². The van der Waals surface area contributed by atoms with Gasteiger partial charge in [-0.25, -0.2) is 0 Å². The maximum absolute atomic E-state index is 4.92. The third-order valence-electron chi connectivity index (χ3n) is 3.22. The van der Waals surface area contributed by atoms with Crippen LogP contribution in [0.4, 0.5) is 0 Å². The van der Waals surface area contributed by atoms with Gasteiger partial charge in [-0.15, -0.1) is 13.2 Å². The van der Waals surface area contributed by atoms with Crippen LogP contribution in [-0.4, -0.2) is 24.9 Å². The molecule has 3 atom stereocenters. The SMILES string of the molecule is C=C(C)C.C=CC.CC1(C)CCC1.CC1CO1.CC1OC1C. The first-order valence-corrected chi connectivity index (χ1v) is 8.52. The van der Waals surface area contributed by atoms with Crippen molar-refractivity contribution < 1.29 is 9.47 Å². The molecule has 22 heavy (non-hydrogen) atoms. The molecule has 0 amide bonds. The molecule has 3 rings (SSSR count). The molecule has 2 saturated heterocycles. The molecule has 1 saturated carbocycles. The lowest BCUT2D eigenvalue weighted by Crippen LogP contribution is -2.20. The van der Waals surface area contributed by atoms with Gasteiger partial charge in [-0.2, -0.15) is 0 Å². The highest BCUT2D eigenvalue weighted by molar-refractivity contribution is 4.79. The largest absolute Gasteiger partial charge is 0.373 e. The molecule has 0 spiro atoms. The fraction of sp³-hybridized carbons (Fsp3) is 0.800. The molecule has 1 aliphatic carbocycles. The van der Waals surface area contributed by atoms with E-state index in [0.29, 0.717) is 18.3 Å². The fourth-order valence-corrected chi connectivity index (χ4v) is 1.27. The van der Waals surface area contributed by atoms with Crippen molar-refractivity contribution in [2.75, 3.05) is 6.61 Å². The number of hydrogen-bond donors (Lipinski definition) is 0. The Morgan fingerprint density at radius 2 is 1.27 bits per heavy atom. The first-order valence-electron chi connectivity index (χ1n) is 8.52. The van der Waals surface area contributed by atoms with Gasteiger partial charge < -0.3 is 9.47 Å². The van der Waals surface area contributed by atoms with E-state index in [2.05, 4.69) is 47.8 Å². The van der Waals surface area contributed by atoms with Crippen LogP contribution in [0.3, 0.4) is 0 Å². The lowest BCUT2D eigenvalue weighted by Gasteiger charge is -2.33. The highest BCUT2D eigenvalue weighted by Crippen LogP contribution is 2.38. The van der Waals surface area contributed by atoms with Gasteiger partial charge >= 0.3 is 0 Å². The van der Waals surface area contributed by atoms with Gasteiger partial charge in [0.25, 0.3) is 0 Å². The number of ether oxygens (including phenoxy) is 2. The van der Waals surface area contributed by atoms with Crippen molar-refractivity contribution in [3.05, 3.63) is 24.8 Å². The Labute approximate surface area is 140 Å². The first kappa shape index (κ1) is 23.7. The highest BCUT2D eigenvalue weighted by Gasteiger charge is 2.27. The smallest absolute Gasteiger partial charge is 0.0811 e. The average molecular weight is 313 g/mol. The molecule has 0 aromatic carbocycles. The molecule has 2 aliphatic heterocycles. The van der Waals surface area contributed by atoms with E-state index < -0.39 is 0 Å². The van der Waals surface area contributed by atoms with Crippen molar-refractivity contribution in [2.24, 2.45) is 5.41 Å². The van der Waals surface area contributed by atoms with Gasteiger partial charge in [0.1, 0.15) is 0 Å². The predicted molar refractivity (Wildman–Crippen MR) is 99.4 cm³/mol. The summed E-state index contributed by atoms with van der Waals surface area (Å²) in [4.78, 5) is 0. The Morgan fingerprint density at radius 3 is 1.27 bits per heavy atom. The van der Waals surface area contributed by atoms with Gasteiger partial charge in [0.15, 0.2) is 0 Å². The molecule has 0 aromatic rings. The topological polar surface area (TPSA) is 25.1 Å². The van der Waals surface area contributed by atoms with Crippen molar-refractivity contribution in [3.63, 3.8) is 0 Å². The second-order valence-corrected chi connectivity index (χ2v) is 7.32. The van der Waals surface area contributed by atoms with Crippen LogP contribution in [0, 0.1) is 5.41 Å². The van der Waals surface area contributed by atoms with Gasteiger partial charge in [0.05, 0.1) is 24.9 Å². The molecular weight excluding hydrogens is 272 g/mol. The standard InChI is InChI=1S/C6H12.C4H8O.C4H8.C3H6O.C3H6/c1-6(2)4-3-5-6;1-3-4(2)5-3;1-4(2)3;1-3-2-4-3;1-3-2/h3-5H2,1-2H3;3-4H,1-2H3;1H2,2-3H3;3H,2H2,1H3;3H,1H2,2H3. The molecule has 3 aliphatic rings. The third kappa shape index (κ3) is 24.4. The van der Waals surface area contributed by atoms with E-state index in [1.54, 1.807) is 6.08 Å². The van der Waals surface area contributed by atoms with Crippen molar-refractivity contribution in [3.8, 4) is 0 Å². The zero-order valence-corrected chi connectivity index (χ0v) is 16.4. The summed E-state index contributed by atoms with van der Waals surface area (Å²) in [5.74, 6) is 0. The second kappa shape index (κ2) is 12.9. The minimum Gasteiger partial charge on any atom is -0.373 e. The molecule has 0 bridgehead atoms. The van der Waals surface area contributed by atoms with Crippen molar-refractivity contribution >= 4 is 0 Å². The summed E-state index contributed by atoms with van der Waals surface area (Å²) in [6.45, 7) is 24.6. The first-order chi connectivity index (χ1) is 10.1. The Hall–Kier alpha value is -0.600. The van der Waals surface area contributed by atoms with Crippen LogP contribution >= 0.6 is 0 Å². The van der Waals surface area contributed by atoms with E-state index in [4.69, 9.17) is 9.47 Å². The predicted octanol–water partition coefficient (Wildman–Crippen LogP) is 6.17. The lowest BCUT2D eigenvalue weighted by atomic mass is 9.72. The van der Waals surface area contributed by atoms with Crippen molar-refractivity contribution in [2.45, 2.75) is 93.0 Å². The zero-order valence-electron chi connectivity index (χ0n) is 16.4. The Morgan fingerprint density at radius 1 is 1.09 bits per heavy atom. The molecule has 2 heterocycles. The maximum Gasteiger partial charge on any atom is 0.0811 e. The average Bonchev–Trinajstić information content (AvgIpc) is 3.23. The Balaban J connectivity index is 0. The number of rotatable bonds is 0. The zero-order chi connectivity index (χ0) is 17.8. The minimum atomic E-state index is 0.551. The summed E-state index contributed by atoms with van der Waals surface area (Å²) in [7, 11) is 0. The van der Waals surface area contributed by atoms with Crippen LogP contribution in [0.1, 0.15) is 74.7 Å². The maximum atomic E-state index is 4.92. The molecular formula is C20H40O2. The fourth-order valence-electron chi connectivity index (χ4n) is 1.27. The molecule has 0 aromatic heterocycles. The Bertz CT molecular complexity index is 274. The monoisotopic (exact) mass is 312 g/mol. The summed E-state index contributed by atoms with van der Waals surface area (Å²) < 4.78 is 9.62. The van der Waals surface area contributed by atoms with Gasteiger partial charge in [-0.1, -0.05) is 31.9 Å². The quantitative estimate of drug-likeness (QED) is 0.395. The van der Waals surface area contributed by atoms with E-state index in [9.17, 15) is 0 Å². The van der Waals surface area contributed by atoms with E-state index in [1.165, 1.54) is 24.8 Å². The van der Waals surface area contributed by atoms with E-state index >= 15 is 0 Å². The normalized spacial score (nSPS) is 28.1. The van der Waals surface area contributed by atoms with Crippen LogP contribution in [0.5, 0.6) is 0 Å². The van der Waals surface area contributed by atoms with Crippen LogP contribution in [0.25, 0.3) is 0 Å². The third-order valence-corrected chi connectivity index (χ3v) is 3.22. The summed E-state index contributed by atoms with van der Waals surface area (Å²) in [5.41, 5.74) is 1.89. The second-order valence-electron chi connectivity index (χ2n) is 7.32. The molecule has 0 N–H and O–H groups in total. The van der Waals surface area contributed by atoms with E-state index in [0.717, 1.165) is 12.0 Å². The van der Waals surface area contributed by atoms with E-state index in [1.807, 2.05) is 20.8 Å². The summed E-state index contributed by atoms with van der Waals surface area (Å²) >= 11 is 0. The molecule has 2 nitrogen and oxygen atoms in total. The molecule has 0 radical (unpaired) electrons. The molecule has 132 valence electrons. The molecule has 3 unspecified atom stereocenters. The van der Waals surface area contributed by atoms with Crippen molar-refractivity contribution in [1.82, 2.24) is 0 Å². The van der Waals surface area contributed by atoms with Crippen molar-refractivity contribution in [1.29, 1.82) is 0 Å². The highest BCUT2D eigenvalue weighted by atomic mass is 16.6. The van der Waals surface area contributed by atoms with Gasteiger partial charge in [0.2, 0.25) is 0 Å². The number of allylic oxidation sites excluding steroid dienone is 2. The van der Waals surface area contributed by atoms with Crippen LogP contribution in [-0.2, 0) is 9.47 Å². The van der Waals surface area contributed by atoms with Gasteiger partial charge in [-0.3, -0.25) is 0 Å². The molecule has 2 heteroatoms. The summed E-state index contributed by atoms with van der Waals surface area (Å²) in [6.07, 6.45) is 7.80. The summed E-state index contributed by atoms with van der Waals surface area (Å²) in [5, 5.41) is 0. The lowest BCUT2D eigenvalue weighted by molar-refractivity contribution is 0.190.